The smallest absolute Gasteiger partial charge is 0.0930 e. The number of fused-ring (bicyclic) bond motifs is 3. The highest BCUT2D eigenvalue weighted by Gasteiger charge is 2.21. The van der Waals surface area contributed by atoms with Crippen LogP contribution in [-0.2, 0) is 6.42 Å². The minimum Gasteiger partial charge on any atom is -0.237 e. The van der Waals surface area contributed by atoms with Crippen LogP contribution in [0.4, 0.5) is 0 Å². The van der Waals surface area contributed by atoms with Gasteiger partial charge in [0.2, 0.25) is 0 Å². The highest BCUT2D eigenvalue weighted by molar-refractivity contribution is 6.30. The van der Waals surface area contributed by atoms with E-state index in [1.165, 1.54) is 11.3 Å². The van der Waals surface area contributed by atoms with E-state index in [0.29, 0.717) is 0 Å². The van der Waals surface area contributed by atoms with Crippen molar-refractivity contribution in [3.05, 3.63) is 70.9 Å². The fourth-order valence-electron chi connectivity index (χ4n) is 2.60. The molecule has 0 N–H and O–H groups in total. The molecule has 0 unspecified atom stereocenters. The van der Waals surface area contributed by atoms with Crippen molar-refractivity contribution in [2.75, 3.05) is 0 Å². The van der Waals surface area contributed by atoms with Gasteiger partial charge in [0.15, 0.2) is 0 Å². The summed E-state index contributed by atoms with van der Waals surface area (Å²) in [7, 11) is 0. The van der Waals surface area contributed by atoms with Crippen LogP contribution < -0.4 is 0 Å². The van der Waals surface area contributed by atoms with Crippen LogP contribution in [0.5, 0.6) is 0 Å². The van der Waals surface area contributed by atoms with Gasteiger partial charge in [0.05, 0.1) is 11.4 Å². The zero-order valence-electron chi connectivity index (χ0n) is 10.2. The van der Waals surface area contributed by atoms with Crippen LogP contribution in [0.1, 0.15) is 11.3 Å². The van der Waals surface area contributed by atoms with Crippen molar-refractivity contribution in [2.24, 2.45) is 0 Å². The molecule has 92 valence electrons. The molecule has 19 heavy (non-hydrogen) atoms. The molecule has 1 aliphatic heterocycles. The van der Waals surface area contributed by atoms with Crippen molar-refractivity contribution < 1.29 is 0 Å². The zero-order chi connectivity index (χ0) is 12.8. The van der Waals surface area contributed by atoms with Crippen molar-refractivity contribution in [3.8, 4) is 16.9 Å². The summed E-state index contributed by atoms with van der Waals surface area (Å²) in [4.78, 5) is 0. The van der Waals surface area contributed by atoms with E-state index < -0.39 is 0 Å². The molecule has 1 aliphatic rings. The fourth-order valence-corrected chi connectivity index (χ4v) is 2.80. The summed E-state index contributed by atoms with van der Waals surface area (Å²) in [5, 5.41) is 5.49. The Morgan fingerprint density at radius 2 is 1.84 bits per heavy atom. The molecule has 2 nitrogen and oxygen atoms in total. The van der Waals surface area contributed by atoms with Crippen molar-refractivity contribution in [3.63, 3.8) is 0 Å². The second-order valence-corrected chi connectivity index (χ2v) is 5.18. The monoisotopic (exact) mass is 266 g/mol. The largest absolute Gasteiger partial charge is 0.237 e. The highest BCUT2D eigenvalue weighted by atomic mass is 35.5. The van der Waals surface area contributed by atoms with Crippen molar-refractivity contribution in [1.82, 2.24) is 9.78 Å². The molecular formula is C16H11ClN2. The number of benzene rings is 2. The molecule has 0 spiro atoms. The number of aromatic nitrogens is 2. The summed E-state index contributed by atoms with van der Waals surface area (Å²) in [6.45, 7) is 0. The summed E-state index contributed by atoms with van der Waals surface area (Å²) in [5.41, 5.74) is 5.78. The van der Waals surface area contributed by atoms with Gasteiger partial charge in [-0.1, -0.05) is 41.9 Å². The van der Waals surface area contributed by atoms with Gasteiger partial charge < -0.3 is 0 Å². The normalized spacial score (nSPS) is 12.3. The highest BCUT2D eigenvalue weighted by Crippen LogP contribution is 2.32. The van der Waals surface area contributed by atoms with E-state index in [9.17, 15) is 0 Å². The second-order valence-electron chi connectivity index (χ2n) is 4.75. The number of nitrogens with zero attached hydrogens (tertiary/aromatic N) is 2. The molecule has 0 atom stereocenters. The third-order valence-electron chi connectivity index (χ3n) is 3.49. The Morgan fingerprint density at radius 1 is 1.00 bits per heavy atom. The quantitative estimate of drug-likeness (QED) is 0.507. The minimum atomic E-state index is 0.785. The van der Waals surface area contributed by atoms with Crippen LogP contribution >= 0.6 is 11.6 Å². The van der Waals surface area contributed by atoms with Gasteiger partial charge >= 0.3 is 0 Å². The standard InChI is InChI=1S/C16H11ClN2/c17-13-6-7-16-12(8-13)9-14-10-15(18-19(14)16)11-4-2-1-3-5-11/h1-8,10H,9H2. The third kappa shape index (κ3) is 1.68. The third-order valence-corrected chi connectivity index (χ3v) is 3.73. The maximum absolute atomic E-state index is 6.03. The Labute approximate surface area is 116 Å². The lowest BCUT2D eigenvalue weighted by Crippen LogP contribution is -1.94. The lowest BCUT2D eigenvalue weighted by Gasteiger charge is -2.01. The molecule has 0 saturated heterocycles. The molecular weight excluding hydrogens is 256 g/mol. The molecule has 0 bridgehead atoms. The van der Waals surface area contributed by atoms with Gasteiger partial charge in [-0.15, -0.1) is 0 Å². The summed E-state index contributed by atoms with van der Waals surface area (Å²) in [6, 6.07) is 18.4. The molecule has 2 heterocycles. The summed E-state index contributed by atoms with van der Waals surface area (Å²) < 4.78 is 2.02. The number of hydrogen-bond donors (Lipinski definition) is 0. The van der Waals surface area contributed by atoms with Crippen LogP contribution in [0.3, 0.4) is 0 Å². The topological polar surface area (TPSA) is 17.8 Å². The van der Waals surface area contributed by atoms with Crippen molar-refractivity contribution in [1.29, 1.82) is 0 Å². The van der Waals surface area contributed by atoms with Gasteiger partial charge in [-0.2, -0.15) is 5.10 Å². The minimum absolute atomic E-state index is 0.785. The van der Waals surface area contributed by atoms with Crippen molar-refractivity contribution in [2.45, 2.75) is 6.42 Å². The average molecular weight is 267 g/mol. The first-order chi connectivity index (χ1) is 9.31. The Balaban J connectivity index is 1.84. The van der Waals surface area contributed by atoms with E-state index in [2.05, 4.69) is 18.2 Å². The molecule has 0 fully saturated rings. The van der Waals surface area contributed by atoms with E-state index in [1.54, 1.807) is 0 Å². The van der Waals surface area contributed by atoms with E-state index >= 15 is 0 Å². The summed E-state index contributed by atoms with van der Waals surface area (Å²) >= 11 is 6.03. The SMILES string of the molecule is Clc1ccc2c(c1)Cc1cc(-c3ccccc3)nn1-2. The van der Waals surface area contributed by atoms with Gasteiger partial charge in [-0.25, -0.2) is 4.68 Å². The van der Waals surface area contributed by atoms with Crippen LogP contribution in [0, 0.1) is 0 Å². The van der Waals surface area contributed by atoms with E-state index in [4.69, 9.17) is 16.7 Å². The maximum atomic E-state index is 6.03. The van der Waals surface area contributed by atoms with Crippen molar-refractivity contribution >= 4 is 11.6 Å². The summed E-state index contributed by atoms with van der Waals surface area (Å²) in [6.07, 6.45) is 0.899. The van der Waals surface area contributed by atoms with Crippen LogP contribution in [-0.4, -0.2) is 9.78 Å². The van der Waals surface area contributed by atoms with E-state index in [0.717, 1.165) is 28.4 Å². The number of rotatable bonds is 1. The summed E-state index contributed by atoms with van der Waals surface area (Å²) in [5.74, 6) is 0. The van der Waals surface area contributed by atoms with Gasteiger partial charge in [0, 0.05) is 22.7 Å². The zero-order valence-corrected chi connectivity index (χ0v) is 10.9. The first-order valence-corrected chi connectivity index (χ1v) is 6.62. The second kappa shape index (κ2) is 3.97. The number of hydrogen-bond acceptors (Lipinski definition) is 1. The lowest BCUT2D eigenvalue weighted by molar-refractivity contribution is 0.874. The average Bonchev–Trinajstić information content (AvgIpc) is 2.96. The van der Waals surface area contributed by atoms with E-state index in [-0.39, 0.29) is 0 Å². The van der Waals surface area contributed by atoms with E-state index in [1.807, 2.05) is 41.1 Å². The molecule has 3 heteroatoms. The molecule has 0 radical (unpaired) electrons. The van der Waals surface area contributed by atoms with Gasteiger partial charge in [0.1, 0.15) is 0 Å². The molecule has 0 aliphatic carbocycles. The fraction of sp³-hybridized carbons (Fsp3) is 0.0625. The first-order valence-electron chi connectivity index (χ1n) is 6.24. The predicted molar refractivity (Wildman–Crippen MR) is 76.8 cm³/mol. The van der Waals surface area contributed by atoms with Crippen LogP contribution in [0.15, 0.2) is 54.6 Å². The Kier molecular flexibility index (Phi) is 2.26. The molecule has 2 aromatic carbocycles. The molecule has 4 rings (SSSR count). The first kappa shape index (κ1) is 10.8. The lowest BCUT2D eigenvalue weighted by atomic mass is 10.1. The molecule has 0 saturated carbocycles. The Morgan fingerprint density at radius 3 is 2.68 bits per heavy atom. The molecule has 0 amide bonds. The predicted octanol–water partition coefficient (Wildman–Crippen LogP) is 4.10. The van der Waals surface area contributed by atoms with Gasteiger partial charge in [-0.3, -0.25) is 0 Å². The Hall–Kier alpha value is -2.06. The van der Waals surface area contributed by atoms with Gasteiger partial charge in [0.25, 0.3) is 0 Å². The Bertz CT molecular complexity index is 760. The maximum Gasteiger partial charge on any atom is 0.0930 e. The van der Waals surface area contributed by atoms with Gasteiger partial charge in [-0.05, 0) is 29.8 Å². The molecule has 3 aromatic rings. The van der Waals surface area contributed by atoms with Crippen LogP contribution in [0.25, 0.3) is 16.9 Å². The van der Waals surface area contributed by atoms with Crippen LogP contribution in [0.2, 0.25) is 5.02 Å². The molecule has 1 aromatic heterocycles. The number of halogens is 1.